The zero-order chi connectivity index (χ0) is 23.0. The number of rotatable bonds is 7. The van der Waals surface area contributed by atoms with E-state index in [-0.39, 0.29) is 17.3 Å². The number of halogens is 1. The third kappa shape index (κ3) is 4.13. The molecule has 6 nitrogen and oxygen atoms in total. The average Bonchev–Trinajstić information content (AvgIpc) is 3.45. The van der Waals surface area contributed by atoms with Crippen molar-refractivity contribution in [3.05, 3.63) is 83.8 Å². The Balaban J connectivity index is 1.49. The van der Waals surface area contributed by atoms with Crippen LogP contribution in [0.4, 0.5) is 4.39 Å². The van der Waals surface area contributed by atoms with Crippen LogP contribution in [-0.4, -0.2) is 37.8 Å². The van der Waals surface area contributed by atoms with Gasteiger partial charge in [0.15, 0.2) is 0 Å². The molecule has 1 aliphatic heterocycles. The summed E-state index contributed by atoms with van der Waals surface area (Å²) in [5.41, 5.74) is 3.34. The Kier molecular flexibility index (Phi) is 5.65. The molecule has 0 saturated heterocycles. The third-order valence-electron chi connectivity index (χ3n) is 5.91. The fraction of sp³-hybridized carbons (Fsp3) is 0.200. The van der Waals surface area contributed by atoms with E-state index >= 15 is 0 Å². The minimum Gasteiger partial charge on any atom is -0.492 e. The summed E-state index contributed by atoms with van der Waals surface area (Å²) in [6.07, 6.45) is 2.66. The molecule has 0 spiro atoms. The molecule has 4 aromatic rings. The summed E-state index contributed by atoms with van der Waals surface area (Å²) in [6.45, 7) is -0.0217. The van der Waals surface area contributed by atoms with Gasteiger partial charge < -0.3 is 14.8 Å². The molecule has 0 bridgehead atoms. The van der Waals surface area contributed by atoms with E-state index in [1.165, 1.54) is 12.1 Å². The molecule has 1 aromatic heterocycles. The molecule has 0 saturated carbocycles. The molecular weight excluding hydrogens is 443 g/mol. The number of ether oxygens (including phenoxy) is 1. The minimum absolute atomic E-state index is 0.0480. The van der Waals surface area contributed by atoms with Crippen molar-refractivity contribution in [1.29, 1.82) is 0 Å². The molecule has 170 valence electrons. The normalized spacial score (nSPS) is 14.2. The number of H-pyrrole nitrogens is 1. The van der Waals surface area contributed by atoms with Crippen molar-refractivity contribution in [2.24, 2.45) is 0 Å². The van der Waals surface area contributed by atoms with Gasteiger partial charge in [-0.05, 0) is 47.4 Å². The SMILES string of the molecule is O=S(=O)(N[C@@H](CO)Cc1c[nH]c2ccccc12)c1cc(-c2ccccc2F)cc2c1OCC2. The van der Waals surface area contributed by atoms with Crippen LogP contribution >= 0.6 is 0 Å². The molecule has 2 heterocycles. The van der Waals surface area contributed by atoms with E-state index in [4.69, 9.17) is 4.74 Å². The van der Waals surface area contributed by atoms with Crippen molar-refractivity contribution in [3.63, 3.8) is 0 Å². The predicted molar refractivity (Wildman–Crippen MR) is 124 cm³/mol. The van der Waals surface area contributed by atoms with Crippen LogP contribution in [-0.2, 0) is 22.9 Å². The first kappa shape index (κ1) is 21.6. The van der Waals surface area contributed by atoms with Gasteiger partial charge in [0, 0.05) is 35.1 Å². The van der Waals surface area contributed by atoms with Crippen LogP contribution in [0.5, 0.6) is 5.75 Å². The van der Waals surface area contributed by atoms with Crippen molar-refractivity contribution in [1.82, 2.24) is 9.71 Å². The molecule has 33 heavy (non-hydrogen) atoms. The Morgan fingerprint density at radius 3 is 2.73 bits per heavy atom. The maximum Gasteiger partial charge on any atom is 0.244 e. The summed E-state index contributed by atoms with van der Waals surface area (Å²) >= 11 is 0. The topological polar surface area (TPSA) is 91.4 Å². The largest absolute Gasteiger partial charge is 0.492 e. The number of nitrogens with one attached hydrogen (secondary N) is 2. The lowest BCUT2D eigenvalue weighted by Gasteiger charge is -2.18. The smallest absolute Gasteiger partial charge is 0.244 e. The molecule has 1 aliphatic rings. The second kappa shape index (κ2) is 8.62. The second-order valence-corrected chi connectivity index (χ2v) is 9.79. The number of aliphatic hydroxyl groups is 1. The van der Waals surface area contributed by atoms with Crippen molar-refractivity contribution in [3.8, 4) is 16.9 Å². The second-order valence-electron chi connectivity index (χ2n) is 8.11. The van der Waals surface area contributed by atoms with E-state index < -0.39 is 21.9 Å². The van der Waals surface area contributed by atoms with Gasteiger partial charge in [-0.1, -0.05) is 36.4 Å². The summed E-state index contributed by atoms with van der Waals surface area (Å²) in [6, 6.07) is 16.4. The van der Waals surface area contributed by atoms with Crippen molar-refractivity contribution in [2.75, 3.05) is 13.2 Å². The molecule has 0 amide bonds. The van der Waals surface area contributed by atoms with Crippen LogP contribution in [0.3, 0.4) is 0 Å². The van der Waals surface area contributed by atoms with Crippen LogP contribution in [0.15, 0.2) is 71.8 Å². The zero-order valence-corrected chi connectivity index (χ0v) is 18.5. The van der Waals surface area contributed by atoms with E-state index in [1.54, 1.807) is 24.3 Å². The quantitative estimate of drug-likeness (QED) is 0.387. The van der Waals surface area contributed by atoms with Gasteiger partial charge in [-0.2, -0.15) is 0 Å². The van der Waals surface area contributed by atoms with Gasteiger partial charge in [-0.25, -0.2) is 17.5 Å². The van der Waals surface area contributed by atoms with Gasteiger partial charge >= 0.3 is 0 Å². The first-order valence-electron chi connectivity index (χ1n) is 10.7. The molecule has 8 heteroatoms. The summed E-state index contributed by atoms with van der Waals surface area (Å²) in [5, 5.41) is 10.9. The van der Waals surface area contributed by atoms with Crippen LogP contribution in [0.25, 0.3) is 22.0 Å². The summed E-state index contributed by atoms with van der Waals surface area (Å²) in [5.74, 6) is -0.147. The molecule has 0 fully saturated rings. The van der Waals surface area contributed by atoms with E-state index in [0.29, 0.717) is 36.1 Å². The Hall–Kier alpha value is -3.20. The Morgan fingerprint density at radius 1 is 1.12 bits per heavy atom. The average molecular weight is 467 g/mol. The third-order valence-corrected chi connectivity index (χ3v) is 7.43. The maximum atomic E-state index is 14.4. The number of hydrogen-bond donors (Lipinski definition) is 3. The molecule has 3 aromatic carbocycles. The highest BCUT2D eigenvalue weighted by molar-refractivity contribution is 7.89. The van der Waals surface area contributed by atoms with E-state index in [1.807, 2.05) is 30.5 Å². The molecule has 1 atom stereocenters. The Bertz CT molecular complexity index is 1430. The summed E-state index contributed by atoms with van der Waals surface area (Å²) < 4.78 is 49.5. The number of fused-ring (bicyclic) bond motifs is 2. The first-order valence-corrected chi connectivity index (χ1v) is 12.2. The number of para-hydroxylation sites is 1. The van der Waals surface area contributed by atoms with Crippen molar-refractivity contribution >= 4 is 20.9 Å². The van der Waals surface area contributed by atoms with E-state index in [2.05, 4.69) is 9.71 Å². The molecule has 0 radical (unpaired) electrons. The fourth-order valence-corrected chi connectivity index (χ4v) is 5.76. The number of hydrogen-bond acceptors (Lipinski definition) is 4. The summed E-state index contributed by atoms with van der Waals surface area (Å²) in [4.78, 5) is 3.11. The predicted octanol–water partition coefficient (Wildman–Crippen LogP) is 3.79. The number of aromatic nitrogens is 1. The lowest BCUT2D eigenvalue weighted by atomic mass is 10.0. The monoisotopic (exact) mass is 466 g/mol. The van der Waals surface area contributed by atoms with Crippen LogP contribution < -0.4 is 9.46 Å². The Morgan fingerprint density at radius 2 is 1.91 bits per heavy atom. The van der Waals surface area contributed by atoms with Gasteiger partial charge in [-0.3, -0.25) is 0 Å². The number of aliphatic hydroxyl groups excluding tert-OH is 1. The number of sulfonamides is 1. The van der Waals surface area contributed by atoms with Gasteiger partial charge in [0.25, 0.3) is 0 Å². The van der Waals surface area contributed by atoms with Crippen molar-refractivity contribution < 1.29 is 22.7 Å². The maximum absolute atomic E-state index is 14.4. The van der Waals surface area contributed by atoms with Gasteiger partial charge in [0.2, 0.25) is 10.0 Å². The highest BCUT2D eigenvalue weighted by atomic mass is 32.2. The van der Waals surface area contributed by atoms with Gasteiger partial charge in [-0.15, -0.1) is 0 Å². The van der Waals surface area contributed by atoms with Gasteiger partial charge in [0.05, 0.1) is 13.2 Å². The molecule has 5 rings (SSSR count). The number of benzene rings is 3. The fourth-order valence-electron chi connectivity index (χ4n) is 4.32. The van der Waals surface area contributed by atoms with Crippen molar-refractivity contribution in [2.45, 2.75) is 23.8 Å². The minimum atomic E-state index is -4.06. The standard InChI is InChI=1S/C25H23FN2O4S/c26-22-7-3-1-5-20(22)17-11-16-9-10-32-25(16)24(13-17)33(30,31)28-19(15-29)12-18-14-27-23-8-4-2-6-21(18)23/h1-8,11,13-14,19,27-29H,9-10,12,15H2/t19-/m1/s1. The highest BCUT2D eigenvalue weighted by Crippen LogP contribution is 2.38. The molecule has 0 aliphatic carbocycles. The number of aromatic amines is 1. The van der Waals surface area contributed by atoms with E-state index in [9.17, 15) is 17.9 Å². The lowest BCUT2D eigenvalue weighted by molar-refractivity contribution is 0.256. The molecule has 0 unspecified atom stereocenters. The molecule has 3 N–H and O–H groups in total. The Labute approximate surface area is 191 Å². The molecular formula is C25H23FN2O4S. The zero-order valence-electron chi connectivity index (χ0n) is 17.7. The van der Waals surface area contributed by atoms with Gasteiger partial charge in [0.1, 0.15) is 16.5 Å². The highest BCUT2D eigenvalue weighted by Gasteiger charge is 2.29. The first-order chi connectivity index (χ1) is 16.0. The van der Waals surface area contributed by atoms with E-state index in [0.717, 1.165) is 16.5 Å². The summed E-state index contributed by atoms with van der Waals surface area (Å²) in [7, 11) is -4.06. The van der Waals surface area contributed by atoms with Crippen LogP contribution in [0.2, 0.25) is 0 Å². The van der Waals surface area contributed by atoms with Crippen LogP contribution in [0.1, 0.15) is 11.1 Å². The lowest BCUT2D eigenvalue weighted by Crippen LogP contribution is -2.39. The van der Waals surface area contributed by atoms with Crippen LogP contribution in [0, 0.1) is 5.82 Å².